The zero-order valence-electron chi connectivity index (χ0n) is 14.7. The summed E-state index contributed by atoms with van der Waals surface area (Å²) in [4.78, 5) is 0. The van der Waals surface area contributed by atoms with Crippen LogP contribution in [-0.2, 0) is 0 Å². The molecular weight excluding hydrogens is 312 g/mol. The van der Waals surface area contributed by atoms with Crippen molar-refractivity contribution < 1.29 is 0 Å². The maximum absolute atomic E-state index is 2.44. The third kappa shape index (κ3) is 2.63. The largest absolute Gasteiger partial charge is 0.0732 e. The zero-order valence-corrected chi connectivity index (χ0v) is 14.7. The lowest BCUT2D eigenvalue weighted by atomic mass is 9.78. The predicted molar refractivity (Wildman–Crippen MR) is 111 cm³/mol. The van der Waals surface area contributed by atoms with Gasteiger partial charge in [0, 0.05) is 23.7 Å². The van der Waals surface area contributed by atoms with Gasteiger partial charge in [-0.2, -0.15) is 0 Å². The highest BCUT2D eigenvalue weighted by Gasteiger charge is 2.26. The van der Waals surface area contributed by atoms with E-state index in [9.17, 15) is 0 Å². The molecular formula is C26H22. The van der Waals surface area contributed by atoms with Gasteiger partial charge in [0.25, 0.3) is 0 Å². The molecule has 126 valence electrons. The molecule has 1 aromatic rings. The first-order valence-corrected chi connectivity index (χ1v) is 9.48. The molecule has 0 amide bonds. The maximum atomic E-state index is 2.44. The Bertz CT molecular complexity index is 859. The van der Waals surface area contributed by atoms with Crippen molar-refractivity contribution in [1.29, 1.82) is 0 Å². The minimum atomic E-state index is 0.369. The van der Waals surface area contributed by atoms with Gasteiger partial charge in [-0.1, -0.05) is 109 Å². The standard InChI is InChI=1S/C26H22/c1-2-10-19(9-1)23-17-24(20-11-3-4-12-20)26(22-15-7-8-16-22)25(18-23)21-13-5-6-14-21/h1-22H. The minimum Gasteiger partial charge on any atom is -0.0732 e. The van der Waals surface area contributed by atoms with Gasteiger partial charge < -0.3 is 0 Å². The van der Waals surface area contributed by atoms with E-state index in [1.165, 1.54) is 22.3 Å². The van der Waals surface area contributed by atoms with Gasteiger partial charge in [0.2, 0.25) is 0 Å². The molecule has 0 aliphatic heterocycles. The first-order chi connectivity index (χ1) is 12.9. The van der Waals surface area contributed by atoms with Crippen molar-refractivity contribution in [2.24, 2.45) is 0 Å². The first-order valence-electron chi connectivity index (χ1n) is 9.48. The van der Waals surface area contributed by atoms with Crippen LogP contribution in [0.2, 0.25) is 0 Å². The van der Waals surface area contributed by atoms with Crippen molar-refractivity contribution in [3.8, 4) is 0 Å². The van der Waals surface area contributed by atoms with Crippen LogP contribution in [-0.4, -0.2) is 0 Å². The minimum absolute atomic E-state index is 0.369. The van der Waals surface area contributed by atoms with Crippen molar-refractivity contribution in [3.05, 3.63) is 132 Å². The van der Waals surface area contributed by atoms with Gasteiger partial charge >= 0.3 is 0 Å². The second-order valence-corrected chi connectivity index (χ2v) is 7.30. The van der Waals surface area contributed by atoms with E-state index in [1.54, 1.807) is 0 Å². The Morgan fingerprint density at radius 3 is 1.15 bits per heavy atom. The average Bonchev–Trinajstić information content (AvgIpc) is 3.49. The quantitative estimate of drug-likeness (QED) is 0.587. The van der Waals surface area contributed by atoms with Crippen LogP contribution in [0.15, 0.2) is 109 Å². The zero-order chi connectivity index (χ0) is 17.3. The van der Waals surface area contributed by atoms with Crippen molar-refractivity contribution in [3.63, 3.8) is 0 Å². The number of rotatable bonds is 4. The van der Waals surface area contributed by atoms with Crippen molar-refractivity contribution in [2.75, 3.05) is 0 Å². The molecule has 0 aromatic heterocycles. The molecule has 0 N–H and O–H groups in total. The number of hydrogen-bond donors (Lipinski definition) is 0. The number of benzene rings is 1. The van der Waals surface area contributed by atoms with Crippen LogP contribution in [0.25, 0.3) is 0 Å². The topological polar surface area (TPSA) is 0 Å². The normalized spacial score (nSPS) is 21.5. The van der Waals surface area contributed by atoms with Gasteiger partial charge in [-0.05, 0) is 22.3 Å². The van der Waals surface area contributed by atoms with Gasteiger partial charge in [-0.25, -0.2) is 0 Å². The molecule has 26 heavy (non-hydrogen) atoms. The lowest BCUT2D eigenvalue weighted by Crippen LogP contribution is -2.09. The maximum Gasteiger partial charge on any atom is 0.0211 e. The lowest BCUT2D eigenvalue weighted by molar-refractivity contribution is 0.923. The number of hydrogen-bond acceptors (Lipinski definition) is 0. The third-order valence-corrected chi connectivity index (χ3v) is 5.69. The molecule has 0 fully saturated rings. The van der Waals surface area contributed by atoms with Gasteiger partial charge in [0.05, 0.1) is 0 Å². The van der Waals surface area contributed by atoms with Crippen LogP contribution in [0, 0.1) is 0 Å². The van der Waals surface area contributed by atoms with Gasteiger partial charge in [-0.3, -0.25) is 0 Å². The summed E-state index contributed by atoms with van der Waals surface area (Å²) in [5.74, 6) is 1.50. The molecule has 0 unspecified atom stereocenters. The van der Waals surface area contributed by atoms with Crippen LogP contribution < -0.4 is 0 Å². The Kier molecular flexibility index (Phi) is 3.83. The van der Waals surface area contributed by atoms with E-state index in [-0.39, 0.29) is 0 Å². The summed E-state index contributed by atoms with van der Waals surface area (Å²) in [6.45, 7) is 0. The van der Waals surface area contributed by atoms with Crippen LogP contribution in [0.4, 0.5) is 0 Å². The second-order valence-electron chi connectivity index (χ2n) is 7.30. The summed E-state index contributed by atoms with van der Waals surface area (Å²) >= 11 is 0. The van der Waals surface area contributed by atoms with E-state index in [0.717, 1.165) is 0 Å². The third-order valence-electron chi connectivity index (χ3n) is 5.69. The summed E-state index contributed by atoms with van der Waals surface area (Å²) in [5.41, 5.74) is 5.78. The fraction of sp³-hybridized carbons (Fsp3) is 0.154. The van der Waals surface area contributed by atoms with Crippen LogP contribution >= 0.6 is 0 Å². The van der Waals surface area contributed by atoms with Gasteiger partial charge in [0.1, 0.15) is 0 Å². The Labute approximate surface area is 155 Å². The molecule has 1 aromatic carbocycles. The van der Waals surface area contributed by atoms with E-state index < -0.39 is 0 Å². The Morgan fingerprint density at radius 2 is 0.731 bits per heavy atom. The van der Waals surface area contributed by atoms with Gasteiger partial charge in [0.15, 0.2) is 0 Å². The van der Waals surface area contributed by atoms with Crippen molar-refractivity contribution >= 4 is 0 Å². The number of allylic oxidation sites excluding steroid dienone is 16. The molecule has 0 heterocycles. The molecule has 0 bridgehead atoms. The molecule has 0 nitrogen and oxygen atoms in total. The molecule has 0 saturated heterocycles. The van der Waals surface area contributed by atoms with Crippen LogP contribution in [0.3, 0.4) is 0 Å². The monoisotopic (exact) mass is 334 g/mol. The second kappa shape index (κ2) is 6.46. The molecule has 0 saturated carbocycles. The highest BCUT2D eigenvalue weighted by Crippen LogP contribution is 2.42. The van der Waals surface area contributed by atoms with Crippen molar-refractivity contribution in [2.45, 2.75) is 23.7 Å². The summed E-state index contributed by atoms with van der Waals surface area (Å²) < 4.78 is 0. The Hall–Kier alpha value is -2.86. The summed E-state index contributed by atoms with van der Waals surface area (Å²) in [7, 11) is 0. The van der Waals surface area contributed by atoms with E-state index in [0.29, 0.717) is 23.7 Å². The Balaban J connectivity index is 1.73. The van der Waals surface area contributed by atoms with Gasteiger partial charge in [-0.15, -0.1) is 0 Å². The van der Waals surface area contributed by atoms with Crippen LogP contribution in [0.5, 0.6) is 0 Å². The van der Waals surface area contributed by atoms with E-state index in [2.05, 4.69) is 109 Å². The van der Waals surface area contributed by atoms with Crippen molar-refractivity contribution in [1.82, 2.24) is 0 Å². The molecule has 0 spiro atoms. The average molecular weight is 334 g/mol. The highest BCUT2D eigenvalue weighted by atomic mass is 14.3. The van der Waals surface area contributed by atoms with E-state index in [4.69, 9.17) is 0 Å². The molecule has 5 rings (SSSR count). The van der Waals surface area contributed by atoms with E-state index in [1.807, 2.05) is 0 Å². The fourth-order valence-corrected chi connectivity index (χ4v) is 4.41. The fourth-order valence-electron chi connectivity index (χ4n) is 4.41. The highest BCUT2D eigenvalue weighted by molar-refractivity contribution is 5.57. The summed E-state index contributed by atoms with van der Waals surface area (Å²) in [5, 5.41) is 0. The lowest BCUT2D eigenvalue weighted by Gasteiger charge is -2.25. The molecule has 4 aliphatic rings. The molecule has 4 aliphatic carbocycles. The Morgan fingerprint density at radius 1 is 0.385 bits per heavy atom. The molecule has 0 radical (unpaired) electrons. The molecule has 0 heteroatoms. The van der Waals surface area contributed by atoms with Crippen LogP contribution in [0.1, 0.15) is 45.9 Å². The summed E-state index contributed by atoms with van der Waals surface area (Å²) in [6.07, 6.45) is 35.8. The summed E-state index contributed by atoms with van der Waals surface area (Å²) in [6, 6.07) is 4.88. The smallest absolute Gasteiger partial charge is 0.0211 e. The van der Waals surface area contributed by atoms with E-state index >= 15 is 0 Å². The molecule has 0 atom stereocenters. The SMILES string of the molecule is C1=CC(c2cc(C3C=CC=C3)c(C3C=CC=C3)c(C3C=CC=C3)c2)C=C1. The predicted octanol–water partition coefficient (Wildman–Crippen LogP) is 6.53. The first kappa shape index (κ1) is 15.4.